The van der Waals surface area contributed by atoms with Crippen LogP contribution in [0.15, 0.2) is 12.7 Å². The van der Waals surface area contributed by atoms with Gasteiger partial charge in [0.15, 0.2) is 0 Å². The predicted molar refractivity (Wildman–Crippen MR) is 75.4 cm³/mol. The summed E-state index contributed by atoms with van der Waals surface area (Å²) in [6.07, 6.45) is 6.17. The summed E-state index contributed by atoms with van der Waals surface area (Å²) in [6, 6.07) is 0. The maximum Gasteiger partial charge on any atom is 0.311 e. The van der Waals surface area contributed by atoms with Gasteiger partial charge in [0.25, 0.3) is 0 Å². The fourth-order valence-electron chi connectivity index (χ4n) is 3.03. The Morgan fingerprint density at radius 1 is 1.43 bits per heavy atom. The molecular weight excluding hydrogens is 272 g/mol. The predicted octanol–water partition coefficient (Wildman–Crippen LogP) is 1.16. The summed E-state index contributed by atoms with van der Waals surface area (Å²) in [7, 11) is 0. The summed E-state index contributed by atoms with van der Waals surface area (Å²) < 4.78 is 1.61. The second-order valence-corrected chi connectivity index (χ2v) is 5.66. The van der Waals surface area contributed by atoms with Crippen LogP contribution in [0.4, 0.5) is 0 Å². The quantitative estimate of drug-likeness (QED) is 0.850. The van der Waals surface area contributed by atoms with Crippen molar-refractivity contribution in [1.82, 2.24) is 19.7 Å². The Morgan fingerprint density at radius 2 is 2.24 bits per heavy atom. The lowest BCUT2D eigenvalue weighted by molar-refractivity contribution is -0.155. The van der Waals surface area contributed by atoms with Gasteiger partial charge in [0.1, 0.15) is 12.7 Å². The summed E-state index contributed by atoms with van der Waals surface area (Å²) in [5.41, 5.74) is -0.768. The van der Waals surface area contributed by atoms with Crippen LogP contribution in [0.25, 0.3) is 0 Å². The van der Waals surface area contributed by atoms with Crippen molar-refractivity contribution in [3.8, 4) is 0 Å². The lowest BCUT2D eigenvalue weighted by atomic mass is 9.76. The van der Waals surface area contributed by atoms with Crippen LogP contribution in [-0.4, -0.2) is 49.7 Å². The normalized spacial score (nSPS) is 22.2. The lowest BCUT2D eigenvalue weighted by Gasteiger charge is -2.40. The SMILES string of the molecule is CCC[C@]1(C(=O)O)CCCN(C(=O)CCn2cncn2)C1. The third-order valence-electron chi connectivity index (χ3n) is 4.13. The van der Waals surface area contributed by atoms with Gasteiger partial charge in [-0.15, -0.1) is 0 Å². The number of hydrogen-bond acceptors (Lipinski definition) is 4. The van der Waals surface area contributed by atoms with Crippen molar-refractivity contribution in [3.63, 3.8) is 0 Å². The van der Waals surface area contributed by atoms with E-state index in [1.807, 2.05) is 6.92 Å². The van der Waals surface area contributed by atoms with Crippen LogP contribution >= 0.6 is 0 Å². The van der Waals surface area contributed by atoms with Gasteiger partial charge in [0, 0.05) is 19.5 Å². The first kappa shape index (κ1) is 15.5. The summed E-state index contributed by atoms with van der Waals surface area (Å²) in [5.74, 6) is -0.787. The number of piperidine rings is 1. The number of likely N-dealkylation sites (tertiary alicyclic amines) is 1. The number of aryl methyl sites for hydroxylation is 1. The molecule has 7 heteroatoms. The molecule has 1 saturated heterocycles. The molecule has 0 unspecified atom stereocenters. The molecule has 0 aliphatic carbocycles. The maximum atomic E-state index is 12.3. The van der Waals surface area contributed by atoms with E-state index in [9.17, 15) is 14.7 Å². The fourth-order valence-corrected chi connectivity index (χ4v) is 3.03. The Hall–Kier alpha value is -1.92. The van der Waals surface area contributed by atoms with E-state index in [-0.39, 0.29) is 5.91 Å². The van der Waals surface area contributed by atoms with E-state index in [4.69, 9.17) is 0 Å². The highest BCUT2D eigenvalue weighted by Crippen LogP contribution is 2.35. The van der Waals surface area contributed by atoms with Crippen LogP contribution in [0.3, 0.4) is 0 Å². The second-order valence-electron chi connectivity index (χ2n) is 5.66. The summed E-state index contributed by atoms with van der Waals surface area (Å²) in [4.78, 5) is 29.4. The molecule has 1 N–H and O–H groups in total. The molecule has 1 aromatic rings. The van der Waals surface area contributed by atoms with Crippen LogP contribution in [0.5, 0.6) is 0 Å². The molecule has 1 aromatic heterocycles. The van der Waals surface area contributed by atoms with Gasteiger partial charge in [-0.25, -0.2) is 4.98 Å². The zero-order valence-electron chi connectivity index (χ0n) is 12.4. The van der Waals surface area contributed by atoms with Crippen molar-refractivity contribution in [3.05, 3.63) is 12.7 Å². The molecule has 21 heavy (non-hydrogen) atoms. The van der Waals surface area contributed by atoms with Crippen LogP contribution in [0.1, 0.15) is 39.0 Å². The standard InChI is InChI=1S/C14H22N4O3/c1-2-5-14(13(20)21)6-3-7-17(9-14)12(19)4-8-18-11-15-10-16-18/h10-11H,2-9H2,1H3,(H,20,21)/t14-/m0/s1. The number of carboxylic acid groups (broad SMARTS) is 1. The number of hydrogen-bond donors (Lipinski definition) is 1. The molecule has 1 atom stereocenters. The largest absolute Gasteiger partial charge is 0.481 e. The number of carbonyl (C=O) groups excluding carboxylic acids is 1. The monoisotopic (exact) mass is 294 g/mol. The Balaban J connectivity index is 1.96. The molecular formula is C14H22N4O3. The molecule has 0 saturated carbocycles. The summed E-state index contributed by atoms with van der Waals surface area (Å²) in [6.45, 7) is 3.43. The van der Waals surface area contributed by atoms with Crippen molar-refractivity contribution in [1.29, 1.82) is 0 Å². The van der Waals surface area contributed by atoms with Crippen molar-refractivity contribution in [2.45, 2.75) is 45.6 Å². The number of aliphatic carboxylic acids is 1. The number of aromatic nitrogens is 3. The van der Waals surface area contributed by atoms with Crippen molar-refractivity contribution in [2.75, 3.05) is 13.1 Å². The molecule has 1 aliphatic rings. The lowest BCUT2D eigenvalue weighted by Crippen LogP contribution is -2.50. The van der Waals surface area contributed by atoms with E-state index < -0.39 is 11.4 Å². The van der Waals surface area contributed by atoms with Crippen LogP contribution in [-0.2, 0) is 16.1 Å². The van der Waals surface area contributed by atoms with E-state index in [1.54, 1.807) is 15.9 Å². The van der Waals surface area contributed by atoms with E-state index in [1.165, 1.54) is 6.33 Å². The number of nitrogens with zero attached hydrogens (tertiary/aromatic N) is 4. The van der Waals surface area contributed by atoms with Gasteiger partial charge in [-0.1, -0.05) is 13.3 Å². The molecule has 2 heterocycles. The first-order valence-electron chi connectivity index (χ1n) is 7.41. The number of carbonyl (C=O) groups is 2. The fraction of sp³-hybridized carbons (Fsp3) is 0.714. The van der Waals surface area contributed by atoms with E-state index in [2.05, 4.69) is 10.1 Å². The van der Waals surface area contributed by atoms with E-state index in [0.717, 1.165) is 12.8 Å². The first-order chi connectivity index (χ1) is 10.1. The van der Waals surface area contributed by atoms with Crippen LogP contribution in [0.2, 0.25) is 0 Å². The molecule has 1 fully saturated rings. The van der Waals surface area contributed by atoms with Gasteiger partial charge in [0.2, 0.25) is 5.91 Å². The zero-order chi connectivity index (χ0) is 15.3. The Morgan fingerprint density at radius 3 is 2.86 bits per heavy atom. The van der Waals surface area contributed by atoms with Gasteiger partial charge in [0.05, 0.1) is 12.0 Å². The average molecular weight is 294 g/mol. The van der Waals surface area contributed by atoms with Crippen molar-refractivity contribution < 1.29 is 14.7 Å². The van der Waals surface area contributed by atoms with Gasteiger partial charge < -0.3 is 10.0 Å². The Bertz CT molecular complexity index is 484. The second kappa shape index (κ2) is 6.69. The Kier molecular flexibility index (Phi) is 4.93. The highest BCUT2D eigenvalue weighted by atomic mass is 16.4. The van der Waals surface area contributed by atoms with E-state index in [0.29, 0.717) is 38.9 Å². The highest BCUT2D eigenvalue weighted by molar-refractivity contribution is 5.79. The smallest absolute Gasteiger partial charge is 0.311 e. The van der Waals surface area contributed by atoms with Crippen LogP contribution in [0, 0.1) is 5.41 Å². The molecule has 116 valence electrons. The summed E-state index contributed by atoms with van der Waals surface area (Å²) >= 11 is 0. The molecule has 0 radical (unpaired) electrons. The Labute approximate surface area is 124 Å². The minimum absolute atomic E-state index is 0.00747. The maximum absolute atomic E-state index is 12.3. The number of rotatable bonds is 6. The minimum atomic E-state index is -0.780. The van der Waals surface area contributed by atoms with Crippen molar-refractivity contribution >= 4 is 11.9 Å². The zero-order valence-corrected chi connectivity index (χ0v) is 12.4. The topological polar surface area (TPSA) is 88.3 Å². The third-order valence-corrected chi connectivity index (χ3v) is 4.13. The van der Waals surface area contributed by atoms with Gasteiger partial charge >= 0.3 is 5.97 Å². The molecule has 7 nitrogen and oxygen atoms in total. The van der Waals surface area contributed by atoms with Crippen molar-refractivity contribution in [2.24, 2.45) is 5.41 Å². The van der Waals surface area contributed by atoms with Gasteiger partial charge in [-0.3, -0.25) is 14.3 Å². The third kappa shape index (κ3) is 3.59. The highest BCUT2D eigenvalue weighted by Gasteiger charge is 2.42. The minimum Gasteiger partial charge on any atom is -0.481 e. The van der Waals surface area contributed by atoms with Crippen LogP contribution < -0.4 is 0 Å². The molecule has 2 rings (SSSR count). The first-order valence-corrected chi connectivity index (χ1v) is 7.41. The molecule has 0 bridgehead atoms. The van der Waals surface area contributed by atoms with E-state index >= 15 is 0 Å². The van der Waals surface area contributed by atoms with Gasteiger partial charge in [-0.2, -0.15) is 5.10 Å². The summed E-state index contributed by atoms with van der Waals surface area (Å²) in [5, 5.41) is 13.5. The molecule has 0 aromatic carbocycles. The number of carboxylic acids is 1. The molecule has 0 spiro atoms. The number of amides is 1. The molecule has 1 aliphatic heterocycles. The molecule has 1 amide bonds. The van der Waals surface area contributed by atoms with Gasteiger partial charge in [-0.05, 0) is 19.3 Å². The average Bonchev–Trinajstić information content (AvgIpc) is 2.98.